The third-order valence-electron chi connectivity index (χ3n) is 2.15. The summed E-state index contributed by atoms with van der Waals surface area (Å²) in [7, 11) is 0. The van der Waals surface area contributed by atoms with E-state index in [0.717, 1.165) is 5.56 Å². The van der Waals surface area contributed by atoms with Crippen LogP contribution < -0.4 is 0 Å². The fourth-order valence-electron chi connectivity index (χ4n) is 1.35. The van der Waals surface area contributed by atoms with Gasteiger partial charge in [0.05, 0.1) is 5.56 Å². The number of benzene rings is 1. The largest absolute Gasteiger partial charge is 0.507 e. The maximum atomic E-state index is 10.6. The molecule has 16 heavy (non-hydrogen) atoms. The first-order valence-corrected chi connectivity index (χ1v) is 4.58. The topological polar surface area (TPSA) is 83.6 Å². The number of carbonyl (C=O) groups is 1. The summed E-state index contributed by atoms with van der Waals surface area (Å²) in [5.74, 6) is -0.903. The number of aromatic carboxylic acids is 1. The number of aromatic nitrogens is 1. The zero-order valence-corrected chi connectivity index (χ0v) is 8.47. The van der Waals surface area contributed by atoms with Crippen LogP contribution in [0.4, 0.5) is 0 Å². The number of carboxylic acids is 1. The minimum atomic E-state index is -1.16. The first-order valence-electron chi connectivity index (χ1n) is 4.58. The third kappa shape index (κ3) is 1.75. The standard InChI is InChI=1S/C11H9NO4/c1-6-2-3-9(13)7(4-6)10-5-8(11(14)15)12-16-10/h2-5,13H,1H3,(H,14,15). The van der Waals surface area contributed by atoms with Crippen LogP contribution >= 0.6 is 0 Å². The van der Waals surface area contributed by atoms with Gasteiger partial charge in [-0.2, -0.15) is 0 Å². The molecule has 0 unspecified atom stereocenters. The highest BCUT2D eigenvalue weighted by Gasteiger charge is 2.14. The molecule has 0 fully saturated rings. The molecule has 82 valence electrons. The van der Waals surface area contributed by atoms with Crippen LogP contribution in [0.2, 0.25) is 0 Å². The molecule has 5 heteroatoms. The number of hydrogen-bond donors (Lipinski definition) is 2. The summed E-state index contributed by atoms with van der Waals surface area (Å²) in [6.45, 7) is 1.86. The minimum Gasteiger partial charge on any atom is -0.507 e. The number of phenols is 1. The summed E-state index contributed by atoms with van der Waals surface area (Å²) in [5, 5.41) is 21.7. The molecule has 0 saturated heterocycles. The normalized spacial score (nSPS) is 10.3. The second kappa shape index (κ2) is 3.69. The summed E-state index contributed by atoms with van der Waals surface area (Å²) in [6.07, 6.45) is 0. The van der Waals surface area contributed by atoms with E-state index in [1.54, 1.807) is 12.1 Å². The van der Waals surface area contributed by atoms with Crippen molar-refractivity contribution in [1.82, 2.24) is 5.16 Å². The zero-order valence-electron chi connectivity index (χ0n) is 8.47. The van der Waals surface area contributed by atoms with Gasteiger partial charge >= 0.3 is 5.97 Å². The van der Waals surface area contributed by atoms with E-state index in [0.29, 0.717) is 5.56 Å². The van der Waals surface area contributed by atoms with Crippen molar-refractivity contribution in [2.75, 3.05) is 0 Å². The second-order valence-electron chi connectivity index (χ2n) is 3.40. The fourth-order valence-corrected chi connectivity index (χ4v) is 1.35. The molecule has 2 aromatic rings. The molecule has 0 aliphatic carbocycles. The molecule has 0 bridgehead atoms. The van der Waals surface area contributed by atoms with Crippen LogP contribution in [0.5, 0.6) is 5.75 Å². The van der Waals surface area contributed by atoms with Crippen molar-refractivity contribution in [3.05, 3.63) is 35.5 Å². The quantitative estimate of drug-likeness (QED) is 0.807. The van der Waals surface area contributed by atoms with Gasteiger partial charge in [-0.25, -0.2) is 4.79 Å². The first-order chi connectivity index (χ1) is 7.58. The number of phenolic OH excluding ortho intramolecular Hbond substituents is 1. The number of aromatic hydroxyl groups is 1. The van der Waals surface area contributed by atoms with Gasteiger partial charge in [-0.3, -0.25) is 0 Å². The first kappa shape index (κ1) is 10.2. The number of rotatable bonds is 2. The van der Waals surface area contributed by atoms with E-state index in [4.69, 9.17) is 9.63 Å². The highest BCUT2D eigenvalue weighted by Crippen LogP contribution is 2.30. The molecule has 1 aromatic carbocycles. The Labute approximate surface area is 90.9 Å². The highest BCUT2D eigenvalue weighted by atomic mass is 16.5. The lowest BCUT2D eigenvalue weighted by Crippen LogP contribution is -1.94. The van der Waals surface area contributed by atoms with Crippen LogP contribution in [0.3, 0.4) is 0 Å². The van der Waals surface area contributed by atoms with Crippen LogP contribution in [-0.4, -0.2) is 21.3 Å². The van der Waals surface area contributed by atoms with E-state index in [1.807, 2.05) is 6.92 Å². The van der Waals surface area contributed by atoms with Gasteiger partial charge in [-0.1, -0.05) is 16.8 Å². The van der Waals surface area contributed by atoms with E-state index < -0.39 is 5.97 Å². The predicted octanol–water partition coefficient (Wildman–Crippen LogP) is 2.05. The van der Waals surface area contributed by atoms with Gasteiger partial charge in [0.25, 0.3) is 0 Å². The maximum absolute atomic E-state index is 10.6. The SMILES string of the molecule is Cc1ccc(O)c(-c2cc(C(=O)O)no2)c1. The van der Waals surface area contributed by atoms with Crippen molar-refractivity contribution in [2.24, 2.45) is 0 Å². The van der Waals surface area contributed by atoms with E-state index in [9.17, 15) is 9.90 Å². The molecule has 0 aliphatic heterocycles. The molecular formula is C11H9NO4. The van der Waals surface area contributed by atoms with Gasteiger partial charge in [0.2, 0.25) is 0 Å². The van der Waals surface area contributed by atoms with Gasteiger partial charge in [0.1, 0.15) is 5.75 Å². The molecule has 2 rings (SSSR count). The molecule has 0 aliphatic rings. The van der Waals surface area contributed by atoms with Crippen LogP contribution in [-0.2, 0) is 0 Å². The van der Waals surface area contributed by atoms with Gasteiger partial charge in [-0.15, -0.1) is 0 Å². The van der Waals surface area contributed by atoms with E-state index in [-0.39, 0.29) is 17.2 Å². The molecular weight excluding hydrogens is 210 g/mol. The minimum absolute atomic E-state index is 0.0266. The Kier molecular flexibility index (Phi) is 2.36. The maximum Gasteiger partial charge on any atom is 0.358 e. The number of hydrogen-bond acceptors (Lipinski definition) is 4. The summed E-state index contributed by atoms with van der Waals surface area (Å²) in [5.41, 5.74) is 1.18. The second-order valence-corrected chi connectivity index (χ2v) is 3.40. The van der Waals surface area contributed by atoms with Crippen molar-refractivity contribution >= 4 is 5.97 Å². The molecule has 0 radical (unpaired) electrons. The Balaban J connectivity index is 2.50. The van der Waals surface area contributed by atoms with Gasteiger partial charge in [0, 0.05) is 6.07 Å². The van der Waals surface area contributed by atoms with Crippen LogP contribution in [0, 0.1) is 6.92 Å². The Hall–Kier alpha value is -2.30. The summed E-state index contributed by atoms with van der Waals surface area (Å²) < 4.78 is 4.86. The molecule has 5 nitrogen and oxygen atoms in total. The highest BCUT2D eigenvalue weighted by molar-refractivity contribution is 5.86. The lowest BCUT2D eigenvalue weighted by atomic mass is 10.1. The van der Waals surface area contributed by atoms with Crippen molar-refractivity contribution in [2.45, 2.75) is 6.92 Å². The monoisotopic (exact) mass is 219 g/mol. The van der Waals surface area contributed by atoms with Crippen molar-refractivity contribution in [3.8, 4) is 17.1 Å². The Morgan fingerprint density at radius 3 is 2.75 bits per heavy atom. The molecule has 0 saturated carbocycles. The lowest BCUT2D eigenvalue weighted by Gasteiger charge is -2.00. The zero-order chi connectivity index (χ0) is 11.7. The van der Waals surface area contributed by atoms with E-state index in [1.165, 1.54) is 12.1 Å². The molecule has 1 heterocycles. The van der Waals surface area contributed by atoms with Gasteiger partial charge in [0.15, 0.2) is 11.5 Å². The molecule has 0 spiro atoms. The van der Waals surface area contributed by atoms with Crippen molar-refractivity contribution in [3.63, 3.8) is 0 Å². The van der Waals surface area contributed by atoms with E-state index >= 15 is 0 Å². The number of nitrogens with zero attached hydrogens (tertiary/aromatic N) is 1. The molecule has 0 atom stereocenters. The number of aryl methyl sites for hydroxylation is 1. The van der Waals surface area contributed by atoms with Gasteiger partial charge in [-0.05, 0) is 19.1 Å². The van der Waals surface area contributed by atoms with Crippen LogP contribution in [0.1, 0.15) is 16.1 Å². The molecule has 2 N–H and O–H groups in total. The average Bonchev–Trinajstić information content (AvgIpc) is 2.70. The Morgan fingerprint density at radius 2 is 2.12 bits per heavy atom. The van der Waals surface area contributed by atoms with Crippen molar-refractivity contribution < 1.29 is 19.5 Å². The van der Waals surface area contributed by atoms with Gasteiger partial charge < -0.3 is 14.7 Å². The number of carboxylic acid groups (broad SMARTS) is 1. The van der Waals surface area contributed by atoms with Crippen LogP contribution in [0.15, 0.2) is 28.8 Å². The summed E-state index contributed by atoms with van der Waals surface area (Å²) in [6, 6.07) is 6.24. The smallest absolute Gasteiger partial charge is 0.358 e. The predicted molar refractivity (Wildman–Crippen MR) is 55.3 cm³/mol. The fraction of sp³-hybridized carbons (Fsp3) is 0.0909. The van der Waals surface area contributed by atoms with Crippen LogP contribution in [0.25, 0.3) is 11.3 Å². The van der Waals surface area contributed by atoms with E-state index in [2.05, 4.69) is 5.16 Å². The lowest BCUT2D eigenvalue weighted by molar-refractivity contribution is 0.0686. The molecule has 0 amide bonds. The summed E-state index contributed by atoms with van der Waals surface area (Å²) in [4.78, 5) is 10.6. The summed E-state index contributed by atoms with van der Waals surface area (Å²) >= 11 is 0. The third-order valence-corrected chi connectivity index (χ3v) is 2.15. The Morgan fingerprint density at radius 1 is 1.38 bits per heavy atom. The average molecular weight is 219 g/mol. The van der Waals surface area contributed by atoms with Crippen molar-refractivity contribution in [1.29, 1.82) is 0 Å². The molecule has 1 aromatic heterocycles. The Bertz CT molecular complexity index is 545.